The van der Waals surface area contributed by atoms with E-state index in [1.807, 2.05) is 11.7 Å². The molecule has 0 aromatic rings. The molecule has 1 aliphatic rings. The molecule has 1 aliphatic heterocycles. The van der Waals surface area contributed by atoms with Gasteiger partial charge in [0.05, 0.1) is 0 Å². The first-order chi connectivity index (χ1) is 7.38. The Hall–Kier alpha value is -0.580. The van der Waals surface area contributed by atoms with Crippen LogP contribution in [0, 0.1) is 5.41 Å². The number of nitrogens with one attached hydrogen (secondary N) is 1. The molecular weight excluding hydrogens is 227 g/mol. The zero-order valence-electron chi connectivity index (χ0n) is 10.1. The predicted octanol–water partition coefficient (Wildman–Crippen LogP) is 0.745. The van der Waals surface area contributed by atoms with Gasteiger partial charge in [-0.1, -0.05) is 0 Å². The zero-order chi connectivity index (χ0) is 12.3. The minimum atomic E-state index is -2.60. The summed E-state index contributed by atoms with van der Waals surface area (Å²) in [6, 6.07) is 0.269. The van der Waals surface area contributed by atoms with Crippen molar-refractivity contribution in [1.82, 2.24) is 9.57 Å². The molecule has 16 heavy (non-hydrogen) atoms. The predicted molar refractivity (Wildman–Crippen MR) is 64.8 cm³/mol. The molecule has 1 rings (SSSR count). The van der Waals surface area contributed by atoms with Gasteiger partial charge in [0.15, 0.2) is 5.96 Å². The Balaban J connectivity index is 2.52. The third-order valence-electron chi connectivity index (χ3n) is 3.22. The van der Waals surface area contributed by atoms with Crippen LogP contribution in [0.5, 0.6) is 0 Å². The van der Waals surface area contributed by atoms with Crippen LogP contribution in [0.4, 0.5) is 0 Å². The molecule has 1 saturated heterocycles. The molecule has 6 nitrogen and oxygen atoms in total. The van der Waals surface area contributed by atoms with Crippen LogP contribution >= 0.6 is 7.52 Å². The topological polar surface area (TPSA) is 82.7 Å². The molecule has 0 bridgehead atoms. The summed E-state index contributed by atoms with van der Waals surface area (Å²) >= 11 is 0. The maximum atomic E-state index is 12.0. The van der Waals surface area contributed by atoms with E-state index in [9.17, 15) is 4.57 Å². The van der Waals surface area contributed by atoms with Gasteiger partial charge in [-0.05, 0) is 12.8 Å². The molecule has 1 atom stereocenters. The minimum absolute atomic E-state index is 0.0878. The van der Waals surface area contributed by atoms with Crippen molar-refractivity contribution in [3.8, 4) is 0 Å². The van der Waals surface area contributed by atoms with E-state index in [4.69, 9.17) is 15.7 Å². The van der Waals surface area contributed by atoms with Crippen molar-refractivity contribution in [3.05, 3.63) is 0 Å². The molecule has 0 radical (unpaired) electrons. The van der Waals surface area contributed by atoms with Gasteiger partial charge >= 0.3 is 0 Å². The van der Waals surface area contributed by atoms with Gasteiger partial charge in [-0.3, -0.25) is 9.97 Å². The zero-order valence-corrected chi connectivity index (χ0v) is 11.0. The highest BCUT2D eigenvalue weighted by molar-refractivity contribution is 7.55. The Morgan fingerprint density at radius 3 is 2.44 bits per heavy atom. The van der Waals surface area contributed by atoms with Crippen molar-refractivity contribution in [3.63, 3.8) is 0 Å². The molecule has 0 aromatic heterocycles. The smallest absolute Gasteiger partial charge is 0.269 e. The molecule has 1 fully saturated rings. The summed E-state index contributed by atoms with van der Waals surface area (Å²) in [7, 11) is 0.705. The Morgan fingerprint density at radius 2 is 2.06 bits per heavy atom. The van der Waals surface area contributed by atoms with Crippen molar-refractivity contribution in [2.75, 3.05) is 33.9 Å². The summed E-state index contributed by atoms with van der Waals surface area (Å²) in [5.41, 5.74) is 5.43. The first-order valence-corrected chi connectivity index (χ1v) is 7.36. The van der Waals surface area contributed by atoms with Crippen molar-refractivity contribution in [1.29, 1.82) is 5.41 Å². The van der Waals surface area contributed by atoms with Gasteiger partial charge in [0, 0.05) is 40.0 Å². The Morgan fingerprint density at radius 1 is 1.56 bits per heavy atom. The largest absolute Gasteiger partial charge is 0.370 e. The number of hydrogen-bond acceptors (Lipinski definition) is 3. The lowest BCUT2D eigenvalue weighted by atomic mass is 10.1. The van der Waals surface area contributed by atoms with Crippen molar-refractivity contribution >= 4 is 13.5 Å². The van der Waals surface area contributed by atoms with Gasteiger partial charge in [0.1, 0.15) is 0 Å². The summed E-state index contributed by atoms with van der Waals surface area (Å²) in [6.07, 6.45) is 1.72. The van der Waals surface area contributed by atoms with Crippen LogP contribution in [0.25, 0.3) is 0 Å². The molecule has 1 heterocycles. The van der Waals surface area contributed by atoms with E-state index < -0.39 is 7.52 Å². The number of piperidine rings is 1. The quantitative estimate of drug-likeness (QED) is 0.437. The first kappa shape index (κ1) is 13.5. The second kappa shape index (κ2) is 5.17. The molecule has 0 spiro atoms. The molecule has 0 aliphatic carbocycles. The molecule has 0 aromatic carbocycles. The average molecular weight is 248 g/mol. The highest BCUT2D eigenvalue weighted by atomic mass is 31.2. The minimum Gasteiger partial charge on any atom is -0.370 e. The van der Waals surface area contributed by atoms with E-state index in [2.05, 4.69) is 0 Å². The number of guanidine groups is 1. The monoisotopic (exact) mass is 248 g/mol. The summed E-state index contributed by atoms with van der Waals surface area (Å²) in [5, 5.41) is 7.36. The van der Waals surface area contributed by atoms with Gasteiger partial charge in [0.25, 0.3) is 7.52 Å². The lowest BCUT2D eigenvalue weighted by Gasteiger charge is -2.38. The summed E-state index contributed by atoms with van der Waals surface area (Å²) in [4.78, 5) is 1.77. The first-order valence-electron chi connectivity index (χ1n) is 5.34. The third-order valence-corrected chi connectivity index (χ3v) is 5.33. The van der Waals surface area contributed by atoms with Crippen molar-refractivity contribution in [2.45, 2.75) is 18.9 Å². The second-order valence-electron chi connectivity index (χ2n) is 4.17. The Labute approximate surface area is 96.7 Å². The van der Waals surface area contributed by atoms with Crippen LogP contribution in [0.3, 0.4) is 0 Å². The molecule has 7 heteroatoms. The number of rotatable bonds is 3. The van der Waals surface area contributed by atoms with Crippen LogP contribution in [0.15, 0.2) is 0 Å². The Kier molecular flexibility index (Phi) is 4.35. The molecule has 0 amide bonds. The summed E-state index contributed by atoms with van der Waals surface area (Å²) in [6.45, 7) is 3.09. The maximum Gasteiger partial charge on any atom is 0.269 e. The standard InChI is InChI=1S/C9H21N4O2P/c1-12(9(10)11)8-4-6-13(7-5-8)16(3,14)15-2/h8H,4-7H2,1-3H3,(H3,10,11). The lowest BCUT2D eigenvalue weighted by molar-refractivity contribution is 0.209. The van der Waals surface area contributed by atoms with Crippen LogP contribution in [0.2, 0.25) is 0 Å². The Bertz CT molecular complexity index is 302. The fourth-order valence-corrected chi connectivity index (χ4v) is 3.10. The third kappa shape index (κ3) is 2.97. The average Bonchev–Trinajstić information content (AvgIpc) is 2.28. The van der Waals surface area contributed by atoms with Gasteiger partial charge in [-0.25, -0.2) is 4.67 Å². The van der Waals surface area contributed by atoms with Gasteiger partial charge in [-0.2, -0.15) is 0 Å². The normalized spacial score (nSPS) is 22.7. The molecule has 1 unspecified atom stereocenters. The fourth-order valence-electron chi connectivity index (χ4n) is 1.91. The number of hydrogen-bond donors (Lipinski definition) is 2. The molecule has 3 N–H and O–H groups in total. The van der Waals surface area contributed by atoms with Crippen LogP contribution < -0.4 is 5.73 Å². The summed E-state index contributed by atoms with van der Waals surface area (Å²) in [5.74, 6) is 0.0878. The second-order valence-corrected chi connectivity index (χ2v) is 6.70. The van der Waals surface area contributed by atoms with Crippen molar-refractivity contribution < 1.29 is 9.09 Å². The maximum absolute atomic E-state index is 12.0. The number of nitrogens with two attached hydrogens (primary N) is 1. The van der Waals surface area contributed by atoms with Gasteiger partial charge in [0.2, 0.25) is 0 Å². The van der Waals surface area contributed by atoms with Crippen LogP contribution in [0.1, 0.15) is 12.8 Å². The van der Waals surface area contributed by atoms with Crippen molar-refractivity contribution in [2.24, 2.45) is 5.73 Å². The van der Waals surface area contributed by atoms with Gasteiger partial charge in [-0.15, -0.1) is 0 Å². The van der Waals surface area contributed by atoms with E-state index in [1.165, 1.54) is 7.11 Å². The molecular formula is C9H21N4O2P. The van der Waals surface area contributed by atoms with E-state index in [1.54, 1.807) is 11.6 Å². The lowest BCUT2D eigenvalue weighted by Crippen LogP contribution is -2.46. The fraction of sp³-hybridized carbons (Fsp3) is 0.889. The van der Waals surface area contributed by atoms with Crippen LogP contribution in [-0.2, 0) is 9.09 Å². The van der Waals surface area contributed by atoms with E-state index in [0.717, 1.165) is 25.9 Å². The van der Waals surface area contributed by atoms with E-state index >= 15 is 0 Å². The SMILES string of the molecule is COP(C)(=O)N1CCC(N(C)C(=N)N)CC1. The van der Waals surface area contributed by atoms with Crippen LogP contribution in [-0.4, -0.2) is 55.5 Å². The highest BCUT2D eigenvalue weighted by Gasteiger charge is 2.31. The highest BCUT2D eigenvalue weighted by Crippen LogP contribution is 2.47. The van der Waals surface area contributed by atoms with E-state index in [0.29, 0.717) is 0 Å². The summed E-state index contributed by atoms with van der Waals surface area (Å²) < 4.78 is 18.9. The molecule has 94 valence electrons. The number of nitrogens with zero attached hydrogens (tertiary/aromatic N) is 2. The van der Waals surface area contributed by atoms with Gasteiger partial charge < -0.3 is 15.2 Å². The van der Waals surface area contributed by atoms with E-state index in [-0.39, 0.29) is 12.0 Å². The molecule has 0 saturated carbocycles.